The zero-order valence-electron chi connectivity index (χ0n) is 9.28. The summed E-state index contributed by atoms with van der Waals surface area (Å²) in [7, 11) is 0. The molecule has 0 aromatic heterocycles. The fraction of sp³-hybridized carbons (Fsp3) is 0.909. The number of hydrogen-bond acceptors (Lipinski definition) is 3. The summed E-state index contributed by atoms with van der Waals surface area (Å²) in [6.07, 6.45) is 4.06. The van der Waals surface area contributed by atoms with Gasteiger partial charge in [0.25, 0.3) is 0 Å². The van der Waals surface area contributed by atoms with Gasteiger partial charge < -0.3 is 14.6 Å². The van der Waals surface area contributed by atoms with Crippen LogP contribution in [0.5, 0.6) is 0 Å². The molecule has 1 rings (SSSR count). The fourth-order valence-corrected chi connectivity index (χ4v) is 1.70. The molecule has 0 amide bonds. The number of carboxylic acids is 1. The molecule has 0 aliphatic carbocycles. The molecule has 0 radical (unpaired) electrons. The predicted molar refractivity (Wildman–Crippen MR) is 55.9 cm³/mol. The van der Waals surface area contributed by atoms with Crippen LogP contribution in [0.15, 0.2) is 0 Å². The maximum Gasteiger partial charge on any atom is 0.332 e. The van der Waals surface area contributed by atoms with E-state index in [2.05, 4.69) is 0 Å². The maximum atomic E-state index is 10.8. The van der Waals surface area contributed by atoms with Crippen molar-refractivity contribution in [3.63, 3.8) is 0 Å². The number of rotatable bonds is 6. The largest absolute Gasteiger partial charge is 0.479 e. The van der Waals surface area contributed by atoms with Gasteiger partial charge in [-0.05, 0) is 25.7 Å². The number of carbonyl (C=O) groups is 1. The lowest BCUT2D eigenvalue weighted by Gasteiger charge is -2.24. The lowest BCUT2D eigenvalue weighted by Crippen LogP contribution is -2.31. The Morgan fingerprint density at radius 3 is 2.93 bits per heavy atom. The molecule has 2 atom stereocenters. The summed E-state index contributed by atoms with van der Waals surface area (Å²) in [6.45, 7) is 3.15. The molecule has 2 unspecified atom stereocenters. The minimum atomic E-state index is -0.868. The van der Waals surface area contributed by atoms with Crippen LogP contribution in [0.4, 0.5) is 0 Å². The molecule has 15 heavy (non-hydrogen) atoms. The standard InChI is InChI=1S/C11H20O4/c1-2-5-10(11(12)13)15-8-9-6-3-4-7-14-9/h9-10H,2-8H2,1H3,(H,12,13). The van der Waals surface area contributed by atoms with Crippen LogP contribution in [0.2, 0.25) is 0 Å². The van der Waals surface area contributed by atoms with Crippen LogP contribution in [-0.4, -0.2) is 36.5 Å². The summed E-state index contributed by atoms with van der Waals surface area (Å²) in [5.41, 5.74) is 0. The summed E-state index contributed by atoms with van der Waals surface area (Å²) in [5.74, 6) is -0.868. The normalized spacial score (nSPS) is 23.7. The Bertz CT molecular complexity index is 187. The molecule has 1 saturated heterocycles. The molecule has 0 bridgehead atoms. The summed E-state index contributed by atoms with van der Waals surface area (Å²) in [5, 5.41) is 8.87. The van der Waals surface area contributed by atoms with Crippen LogP contribution in [-0.2, 0) is 14.3 Å². The SMILES string of the molecule is CCCC(OCC1CCCCO1)C(=O)O. The summed E-state index contributed by atoms with van der Waals surface area (Å²) in [6, 6.07) is 0. The molecule has 1 fully saturated rings. The molecule has 0 aromatic rings. The topological polar surface area (TPSA) is 55.8 Å². The molecule has 0 spiro atoms. The molecule has 88 valence electrons. The average molecular weight is 216 g/mol. The third-order valence-corrected chi connectivity index (χ3v) is 2.58. The first-order valence-electron chi connectivity index (χ1n) is 5.70. The molecule has 1 aliphatic rings. The molecule has 0 saturated carbocycles. The van der Waals surface area contributed by atoms with E-state index in [1.54, 1.807) is 0 Å². The van der Waals surface area contributed by atoms with E-state index in [0.29, 0.717) is 13.0 Å². The zero-order valence-corrected chi connectivity index (χ0v) is 9.28. The van der Waals surface area contributed by atoms with Gasteiger partial charge in [-0.25, -0.2) is 4.79 Å². The fourth-order valence-electron chi connectivity index (χ4n) is 1.70. The highest BCUT2D eigenvalue weighted by molar-refractivity contribution is 5.72. The first kappa shape index (κ1) is 12.5. The third kappa shape index (κ3) is 4.62. The van der Waals surface area contributed by atoms with Gasteiger partial charge in [-0.15, -0.1) is 0 Å². The Balaban J connectivity index is 2.22. The van der Waals surface area contributed by atoms with Gasteiger partial charge >= 0.3 is 5.97 Å². The van der Waals surface area contributed by atoms with Crippen molar-refractivity contribution in [1.29, 1.82) is 0 Å². The summed E-state index contributed by atoms with van der Waals surface area (Å²) in [4.78, 5) is 10.8. The number of ether oxygens (including phenoxy) is 2. The van der Waals surface area contributed by atoms with Crippen molar-refractivity contribution in [2.24, 2.45) is 0 Å². The van der Waals surface area contributed by atoms with E-state index < -0.39 is 12.1 Å². The highest BCUT2D eigenvalue weighted by atomic mass is 16.5. The third-order valence-electron chi connectivity index (χ3n) is 2.58. The molecule has 1 heterocycles. The molecule has 4 heteroatoms. The van der Waals surface area contributed by atoms with Crippen molar-refractivity contribution in [2.75, 3.05) is 13.2 Å². The Morgan fingerprint density at radius 1 is 1.60 bits per heavy atom. The highest BCUT2D eigenvalue weighted by Gasteiger charge is 2.20. The van der Waals surface area contributed by atoms with Crippen molar-refractivity contribution in [1.82, 2.24) is 0 Å². The Morgan fingerprint density at radius 2 is 2.40 bits per heavy atom. The minimum Gasteiger partial charge on any atom is -0.479 e. The van der Waals surface area contributed by atoms with Crippen LogP contribution in [0, 0.1) is 0 Å². The Labute approximate surface area is 90.6 Å². The summed E-state index contributed by atoms with van der Waals surface area (Å²) >= 11 is 0. The molecule has 1 aliphatic heterocycles. The van der Waals surface area contributed by atoms with Gasteiger partial charge in [0.1, 0.15) is 0 Å². The van der Waals surface area contributed by atoms with Crippen molar-refractivity contribution in [3.05, 3.63) is 0 Å². The van der Waals surface area contributed by atoms with E-state index in [0.717, 1.165) is 32.3 Å². The zero-order chi connectivity index (χ0) is 11.1. The Hall–Kier alpha value is -0.610. The van der Waals surface area contributed by atoms with Crippen LogP contribution < -0.4 is 0 Å². The second kappa shape index (κ2) is 6.80. The molecule has 1 N–H and O–H groups in total. The van der Waals surface area contributed by atoms with Gasteiger partial charge in [0.15, 0.2) is 6.10 Å². The molecular weight excluding hydrogens is 196 g/mol. The second-order valence-corrected chi connectivity index (χ2v) is 3.94. The minimum absolute atomic E-state index is 0.0949. The first-order valence-corrected chi connectivity index (χ1v) is 5.70. The van der Waals surface area contributed by atoms with Crippen LogP contribution >= 0.6 is 0 Å². The lowest BCUT2D eigenvalue weighted by atomic mass is 10.1. The molecular formula is C11H20O4. The van der Waals surface area contributed by atoms with Gasteiger partial charge in [-0.2, -0.15) is 0 Å². The van der Waals surface area contributed by atoms with E-state index in [-0.39, 0.29) is 6.10 Å². The smallest absolute Gasteiger partial charge is 0.332 e. The predicted octanol–water partition coefficient (Wildman–Crippen LogP) is 1.83. The van der Waals surface area contributed by atoms with Crippen molar-refractivity contribution < 1.29 is 19.4 Å². The quantitative estimate of drug-likeness (QED) is 0.736. The number of aliphatic carboxylic acids is 1. The van der Waals surface area contributed by atoms with Gasteiger partial charge in [0.05, 0.1) is 12.7 Å². The first-order chi connectivity index (χ1) is 7.24. The second-order valence-electron chi connectivity index (χ2n) is 3.94. The molecule has 0 aromatic carbocycles. The van der Waals surface area contributed by atoms with Crippen molar-refractivity contribution in [3.8, 4) is 0 Å². The van der Waals surface area contributed by atoms with Crippen LogP contribution in [0.3, 0.4) is 0 Å². The number of carboxylic acid groups (broad SMARTS) is 1. The highest BCUT2D eigenvalue weighted by Crippen LogP contribution is 2.14. The van der Waals surface area contributed by atoms with Gasteiger partial charge in [-0.1, -0.05) is 13.3 Å². The lowest BCUT2D eigenvalue weighted by molar-refractivity contribution is -0.154. The van der Waals surface area contributed by atoms with Gasteiger partial charge in [0.2, 0.25) is 0 Å². The van der Waals surface area contributed by atoms with E-state index in [4.69, 9.17) is 14.6 Å². The van der Waals surface area contributed by atoms with Crippen LogP contribution in [0.1, 0.15) is 39.0 Å². The van der Waals surface area contributed by atoms with E-state index in [1.807, 2.05) is 6.92 Å². The maximum absolute atomic E-state index is 10.8. The summed E-state index contributed by atoms with van der Waals surface area (Å²) < 4.78 is 10.8. The van der Waals surface area contributed by atoms with Crippen molar-refractivity contribution >= 4 is 5.97 Å². The van der Waals surface area contributed by atoms with Crippen molar-refractivity contribution in [2.45, 2.75) is 51.2 Å². The van der Waals surface area contributed by atoms with E-state index in [1.165, 1.54) is 0 Å². The van der Waals surface area contributed by atoms with E-state index in [9.17, 15) is 4.79 Å². The van der Waals surface area contributed by atoms with E-state index >= 15 is 0 Å². The molecule has 4 nitrogen and oxygen atoms in total. The van der Waals surface area contributed by atoms with Crippen LogP contribution in [0.25, 0.3) is 0 Å². The Kier molecular flexibility index (Phi) is 5.65. The number of hydrogen-bond donors (Lipinski definition) is 1. The monoisotopic (exact) mass is 216 g/mol. The van der Waals surface area contributed by atoms with Gasteiger partial charge in [0, 0.05) is 6.61 Å². The van der Waals surface area contributed by atoms with Gasteiger partial charge in [-0.3, -0.25) is 0 Å². The average Bonchev–Trinajstić information content (AvgIpc) is 2.25.